The van der Waals surface area contributed by atoms with Crippen LogP contribution >= 0.6 is 50.7 Å². The molecule has 39 heavy (non-hydrogen) atoms. The van der Waals surface area contributed by atoms with Crippen LogP contribution in [0.4, 0.5) is 5.69 Å². The fourth-order valence-corrected chi connectivity index (χ4v) is 6.48. The number of rotatable bonds is 6. The maximum atomic E-state index is 14.3. The Morgan fingerprint density at radius 2 is 1.74 bits per heavy atom. The molecule has 2 amide bonds. The molecule has 2 aliphatic heterocycles. The van der Waals surface area contributed by atoms with Crippen molar-refractivity contribution in [3.63, 3.8) is 0 Å². The number of halogens is 4. The van der Waals surface area contributed by atoms with Crippen molar-refractivity contribution in [1.29, 1.82) is 0 Å². The first-order chi connectivity index (χ1) is 18.5. The highest BCUT2D eigenvalue weighted by molar-refractivity contribution is 9.10. The van der Waals surface area contributed by atoms with Gasteiger partial charge in [-0.05, 0) is 59.7 Å². The number of hydrogen-bond acceptors (Lipinski definition) is 4. The van der Waals surface area contributed by atoms with Gasteiger partial charge in [0.2, 0.25) is 11.8 Å². The molecule has 0 aliphatic carbocycles. The third-order valence-electron chi connectivity index (χ3n) is 7.41. The first-order valence-corrected chi connectivity index (χ1v) is 14.3. The molecule has 1 fully saturated rings. The van der Waals surface area contributed by atoms with Gasteiger partial charge in [-0.2, -0.15) is 0 Å². The number of aliphatic hydroxyl groups excluding tert-OH is 1. The van der Waals surface area contributed by atoms with Crippen LogP contribution in [0.25, 0.3) is 0 Å². The Bertz CT molecular complexity index is 1480. The zero-order valence-electron chi connectivity index (χ0n) is 21.2. The van der Waals surface area contributed by atoms with E-state index in [4.69, 9.17) is 39.5 Å². The van der Waals surface area contributed by atoms with Crippen LogP contribution in [0.15, 0.2) is 59.1 Å². The van der Waals surface area contributed by atoms with Crippen molar-refractivity contribution in [3.05, 3.63) is 90.8 Å². The van der Waals surface area contributed by atoms with Crippen LogP contribution in [0.5, 0.6) is 5.75 Å². The summed E-state index contributed by atoms with van der Waals surface area (Å²) in [5, 5.41) is 17.2. The van der Waals surface area contributed by atoms with Gasteiger partial charge in [0.1, 0.15) is 11.2 Å². The number of carbonyl (C=O) groups is 2. The number of hydrogen-bond donors (Lipinski definition) is 3. The molecule has 1 spiro atoms. The van der Waals surface area contributed by atoms with E-state index in [-0.39, 0.29) is 31.4 Å². The van der Waals surface area contributed by atoms with E-state index in [0.29, 0.717) is 43.2 Å². The normalized spacial score (nSPS) is 22.4. The lowest BCUT2D eigenvalue weighted by Crippen LogP contribution is -2.57. The predicted octanol–water partition coefficient (Wildman–Crippen LogP) is 7.04. The van der Waals surface area contributed by atoms with Crippen molar-refractivity contribution in [2.75, 3.05) is 18.5 Å². The van der Waals surface area contributed by atoms with Gasteiger partial charge in [0.15, 0.2) is 0 Å². The second-order valence-electron chi connectivity index (χ2n) is 10.7. The highest BCUT2D eigenvalue weighted by atomic mass is 79.9. The van der Waals surface area contributed by atoms with Gasteiger partial charge in [0, 0.05) is 48.5 Å². The number of anilines is 1. The maximum absolute atomic E-state index is 14.3. The Hall–Kier alpha value is -2.29. The zero-order chi connectivity index (χ0) is 28.1. The van der Waals surface area contributed by atoms with Gasteiger partial charge < -0.3 is 20.5 Å². The average molecular weight is 653 g/mol. The van der Waals surface area contributed by atoms with Crippen LogP contribution in [0.3, 0.4) is 0 Å². The minimum absolute atomic E-state index is 0.00772. The lowest BCUT2D eigenvalue weighted by molar-refractivity contribution is -0.131. The molecule has 0 unspecified atom stereocenters. The van der Waals surface area contributed by atoms with E-state index in [1.807, 2.05) is 32.0 Å². The fraction of sp³-hybridized carbons (Fsp3) is 0.310. The topological polar surface area (TPSA) is 87.7 Å². The molecular weight excluding hydrogens is 627 g/mol. The molecule has 0 bridgehead atoms. The average Bonchev–Trinajstić information content (AvgIpc) is 3.17. The summed E-state index contributed by atoms with van der Waals surface area (Å²) in [5.74, 6) is -0.723. The van der Waals surface area contributed by atoms with E-state index in [2.05, 4.69) is 26.6 Å². The van der Waals surface area contributed by atoms with Gasteiger partial charge in [-0.3, -0.25) is 9.59 Å². The van der Waals surface area contributed by atoms with Gasteiger partial charge >= 0.3 is 0 Å². The molecule has 6 nitrogen and oxygen atoms in total. The molecule has 3 N–H and O–H groups in total. The summed E-state index contributed by atoms with van der Waals surface area (Å²) in [6.45, 7) is 3.91. The Morgan fingerprint density at radius 1 is 1.03 bits per heavy atom. The number of amides is 2. The highest BCUT2D eigenvalue weighted by Gasteiger charge is 2.62. The minimum atomic E-state index is -1.31. The Kier molecular flexibility index (Phi) is 7.68. The minimum Gasteiger partial charge on any atom is -0.493 e. The van der Waals surface area contributed by atoms with Crippen molar-refractivity contribution in [3.8, 4) is 5.75 Å². The van der Waals surface area contributed by atoms with Crippen LogP contribution in [0.2, 0.25) is 15.1 Å². The number of piperidine rings is 1. The number of nitrogens with one attached hydrogen (secondary N) is 2. The highest BCUT2D eigenvalue weighted by Crippen LogP contribution is 2.59. The quantitative estimate of drug-likeness (QED) is 0.267. The molecule has 3 atom stereocenters. The van der Waals surface area contributed by atoms with Crippen LogP contribution in [-0.4, -0.2) is 30.1 Å². The summed E-state index contributed by atoms with van der Waals surface area (Å²) < 4.78 is 6.98. The van der Waals surface area contributed by atoms with Crippen LogP contribution < -0.4 is 15.4 Å². The summed E-state index contributed by atoms with van der Waals surface area (Å²) in [4.78, 5) is 27.7. The Labute approximate surface area is 250 Å². The van der Waals surface area contributed by atoms with E-state index in [1.165, 1.54) is 0 Å². The molecule has 10 heteroatoms. The van der Waals surface area contributed by atoms with E-state index in [0.717, 1.165) is 4.47 Å². The van der Waals surface area contributed by atoms with Gasteiger partial charge in [-0.25, -0.2) is 0 Å². The molecule has 3 aromatic rings. The van der Waals surface area contributed by atoms with Crippen LogP contribution in [0, 0.1) is 5.41 Å². The van der Waals surface area contributed by atoms with E-state index in [1.54, 1.807) is 36.4 Å². The first kappa shape index (κ1) is 28.2. The molecule has 0 saturated carbocycles. The summed E-state index contributed by atoms with van der Waals surface area (Å²) in [6, 6.07) is 14.9. The smallest absolute Gasteiger partial charge is 0.238 e. The number of ether oxygens (including phenoxy) is 1. The van der Waals surface area contributed by atoms with Crippen molar-refractivity contribution in [2.45, 2.75) is 37.6 Å². The summed E-state index contributed by atoms with van der Waals surface area (Å²) in [5.41, 5.74) is 0.629. The summed E-state index contributed by atoms with van der Waals surface area (Å²) in [6.07, 6.45) is 0.00772. The second kappa shape index (κ2) is 10.6. The zero-order valence-corrected chi connectivity index (χ0v) is 25.0. The molecule has 5 rings (SSSR count). The van der Waals surface area contributed by atoms with Gasteiger partial charge in [-0.1, -0.05) is 70.6 Å². The molecule has 2 aliphatic rings. The van der Waals surface area contributed by atoms with E-state index < -0.39 is 22.8 Å². The monoisotopic (exact) mass is 650 g/mol. The third-order valence-corrected chi connectivity index (χ3v) is 8.72. The molecular formula is C29H26BrCl3N2O4. The fourth-order valence-electron chi connectivity index (χ4n) is 5.50. The molecule has 204 valence electrons. The van der Waals surface area contributed by atoms with Crippen molar-refractivity contribution < 1.29 is 19.4 Å². The van der Waals surface area contributed by atoms with Crippen molar-refractivity contribution >= 4 is 68.2 Å². The van der Waals surface area contributed by atoms with Gasteiger partial charge in [0.05, 0.1) is 19.3 Å². The van der Waals surface area contributed by atoms with Crippen molar-refractivity contribution in [1.82, 2.24) is 5.32 Å². The molecule has 0 radical (unpaired) electrons. The van der Waals surface area contributed by atoms with E-state index >= 15 is 0 Å². The summed E-state index contributed by atoms with van der Waals surface area (Å²) >= 11 is 23.0. The van der Waals surface area contributed by atoms with Crippen molar-refractivity contribution in [2.24, 2.45) is 5.41 Å². The molecule has 0 aromatic heterocycles. The number of benzene rings is 3. The van der Waals surface area contributed by atoms with Gasteiger partial charge in [0.25, 0.3) is 0 Å². The molecule has 3 aromatic carbocycles. The Morgan fingerprint density at radius 3 is 2.49 bits per heavy atom. The van der Waals surface area contributed by atoms with E-state index in [9.17, 15) is 14.7 Å². The lowest BCUT2D eigenvalue weighted by Gasteiger charge is -2.47. The SMILES string of the molecule is CC(C)(CO)COc1ccc(Br)cc1[C@H]1NC(=O)C[C@H](c2cc(Cl)ccc2Cl)[C@]12C(=O)Nc1cc(Cl)ccc12. The Balaban J connectivity index is 1.78. The van der Waals surface area contributed by atoms with Gasteiger partial charge in [-0.15, -0.1) is 0 Å². The maximum Gasteiger partial charge on any atom is 0.238 e. The predicted molar refractivity (Wildman–Crippen MR) is 157 cm³/mol. The lowest BCUT2D eigenvalue weighted by atomic mass is 9.59. The molecule has 2 heterocycles. The number of aliphatic hydroxyl groups is 1. The largest absolute Gasteiger partial charge is 0.493 e. The third kappa shape index (κ3) is 5.04. The standard InChI is InChI=1S/C29H26BrCl3N2O4/c1-28(2,13-36)14-39-24-8-3-15(30)9-19(24)26-29(20-6-4-17(32)11-23(20)34-27(29)38)21(12-25(37)35-26)18-10-16(31)5-7-22(18)33/h3-11,21,26,36H,12-14H2,1-2H3,(H,34,38)(H,35,37)/t21-,26-,29+/m1/s1. The first-order valence-electron chi connectivity index (χ1n) is 12.3. The number of fused-ring (bicyclic) bond motifs is 2. The second-order valence-corrected chi connectivity index (χ2v) is 12.9. The molecule has 1 saturated heterocycles. The van der Waals surface area contributed by atoms with Crippen LogP contribution in [-0.2, 0) is 15.0 Å². The van der Waals surface area contributed by atoms with Crippen LogP contribution in [0.1, 0.15) is 48.9 Å². The summed E-state index contributed by atoms with van der Waals surface area (Å²) in [7, 11) is 0. The number of carbonyl (C=O) groups excluding carboxylic acids is 2.